The van der Waals surface area contributed by atoms with Crippen molar-refractivity contribution in [2.45, 2.75) is 54.3 Å². The first-order valence-electron chi connectivity index (χ1n) is 6.02. The van der Waals surface area contributed by atoms with Crippen LogP contribution < -0.4 is 11.1 Å². The van der Waals surface area contributed by atoms with Gasteiger partial charge in [0.15, 0.2) is 4.34 Å². The maximum atomic E-state index is 11.7. The van der Waals surface area contributed by atoms with Crippen LogP contribution in [0.3, 0.4) is 0 Å². The van der Waals surface area contributed by atoms with Crippen molar-refractivity contribution in [1.82, 2.24) is 15.5 Å². The average molecular weight is 286 g/mol. The molecule has 1 amide bonds. The van der Waals surface area contributed by atoms with Gasteiger partial charge in [0.25, 0.3) is 0 Å². The monoisotopic (exact) mass is 286 g/mol. The van der Waals surface area contributed by atoms with Crippen molar-refractivity contribution in [1.29, 1.82) is 0 Å². The zero-order valence-corrected chi connectivity index (χ0v) is 12.2. The predicted molar refractivity (Wildman–Crippen MR) is 73.6 cm³/mol. The molecule has 1 aliphatic carbocycles. The standard InChI is InChI=1S/C11H18N4OS2/c1-7(2)14-11(9(12)16)4-3-8(5-11)18-10-15-13-6-17-10/h6-8,14H,3-5H2,1-2H3,(H2,12,16). The Morgan fingerprint density at radius 2 is 2.50 bits per heavy atom. The minimum absolute atomic E-state index is 0.239. The third-order valence-corrected chi connectivity index (χ3v) is 5.19. The van der Waals surface area contributed by atoms with Crippen LogP contribution in [0, 0.1) is 0 Å². The fourth-order valence-electron chi connectivity index (χ4n) is 2.44. The quantitative estimate of drug-likeness (QED) is 0.855. The first kappa shape index (κ1) is 13.8. The van der Waals surface area contributed by atoms with Gasteiger partial charge >= 0.3 is 0 Å². The molecule has 100 valence electrons. The second-order valence-electron chi connectivity index (χ2n) is 4.93. The molecule has 3 N–H and O–H groups in total. The van der Waals surface area contributed by atoms with E-state index in [1.807, 2.05) is 13.8 Å². The number of rotatable bonds is 5. The van der Waals surface area contributed by atoms with Crippen LogP contribution in [0.1, 0.15) is 33.1 Å². The maximum absolute atomic E-state index is 11.7. The molecule has 7 heteroatoms. The molecule has 0 bridgehead atoms. The van der Waals surface area contributed by atoms with E-state index < -0.39 is 5.54 Å². The van der Waals surface area contributed by atoms with E-state index in [0.29, 0.717) is 5.25 Å². The highest BCUT2D eigenvalue weighted by atomic mass is 32.2. The molecule has 1 aliphatic rings. The van der Waals surface area contributed by atoms with Crippen LogP contribution in [-0.4, -0.2) is 32.9 Å². The molecule has 1 aromatic rings. The van der Waals surface area contributed by atoms with Crippen molar-refractivity contribution in [2.24, 2.45) is 5.73 Å². The third-order valence-electron chi connectivity index (χ3n) is 3.11. The summed E-state index contributed by atoms with van der Waals surface area (Å²) in [6.07, 6.45) is 2.55. The number of nitrogens with one attached hydrogen (secondary N) is 1. The number of hydrogen-bond acceptors (Lipinski definition) is 6. The maximum Gasteiger partial charge on any atom is 0.237 e. The summed E-state index contributed by atoms with van der Waals surface area (Å²) in [7, 11) is 0. The van der Waals surface area contributed by atoms with Crippen LogP contribution in [0.15, 0.2) is 9.85 Å². The molecule has 2 atom stereocenters. The topological polar surface area (TPSA) is 80.9 Å². The van der Waals surface area contributed by atoms with Crippen molar-refractivity contribution in [3.63, 3.8) is 0 Å². The molecule has 1 saturated carbocycles. The normalized spacial score (nSPS) is 27.8. The molecule has 1 aromatic heterocycles. The number of nitrogens with zero attached hydrogens (tertiary/aromatic N) is 2. The van der Waals surface area contributed by atoms with Crippen molar-refractivity contribution in [2.75, 3.05) is 0 Å². The van der Waals surface area contributed by atoms with Gasteiger partial charge in [0.2, 0.25) is 5.91 Å². The summed E-state index contributed by atoms with van der Waals surface area (Å²) >= 11 is 3.24. The molecule has 18 heavy (non-hydrogen) atoms. The van der Waals surface area contributed by atoms with Crippen LogP contribution >= 0.6 is 23.1 Å². The first-order chi connectivity index (χ1) is 8.52. The zero-order valence-electron chi connectivity index (χ0n) is 10.5. The lowest BCUT2D eigenvalue weighted by molar-refractivity contribution is -0.124. The summed E-state index contributed by atoms with van der Waals surface area (Å²) in [4.78, 5) is 11.7. The van der Waals surface area contributed by atoms with Gasteiger partial charge in [-0.15, -0.1) is 10.2 Å². The molecule has 2 rings (SSSR count). The lowest BCUT2D eigenvalue weighted by atomic mass is 9.96. The van der Waals surface area contributed by atoms with Gasteiger partial charge in [-0.2, -0.15) is 0 Å². The summed E-state index contributed by atoms with van der Waals surface area (Å²) in [5.74, 6) is -0.239. The lowest BCUT2D eigenvalue weighted by Crippen LogP contribution is -2.56. The van der Waals surface area contributed by atoms with E-state index in [1.165, 1.54) is 11.3 Å². The molecule has 0 radical (unpaired) electrons. The Kier molecular flexibility index (Phi) is 4.24. The second-order valence-corrected chi connectivity index (χ2v) is 7.31. The number of aromatic nitrogens is 2. The van der Waals surface area contributed by atoms with Crippen LogP contribution in [0.2, 0.25) is 0 Å². The Morgan fingerprint density at radius 1 is 1.72 bits per heavy atom. The van der Waals surface area contributed by atoms with Crippen LogP contribution in [0.5, 0.6) is 0 Å². The van der Waals surface area contributed by atoms with Gasteiger partial charge in [0, 0.05) is 11.3 Å². The highest BCUT2D eigenvalue weighted by Gasteiger charge is 2.44. The summed E-state index contributed by atoms with van der Waals surface area (Å²) in [5.41, 5.74) is 6.76. The van der Waals surface area contributed by atoms with E-state index in [9.17, 15) is 4.79 Å². The summed E-state index contributed by atoms with van der Waals surface area (Å²) < 4.78 is 0.963. The Balaban J connectivity index is 2.01. The van der Waals surface area contributed by atoms with Gasteiger partial charge in [-0.1, -0.05) is 23.1 Å². The van der Waals surface area contributed by atoms with Crippen LogP contribution in [0.25, 0.3) is 0 Å². The van der Waals surface area contributed by atoms with Crippen molar-refractivity contribution >= 4 is 29.0 Å². The molecular weight excluding hydrogens is 268 g/mol. The van der Waals surface area contributed by atoms with Gasteiger partial charge < -0.3 is 11.1 Å². The SMILES string of the molecule is CC(C)NC1(C(N)=O)CCC(Sc2nncs2)C1. The molecular formula is C11H18N4OS2. The summed E-state index contributed by atoms with van der Waals surface area (Å²) in [6, 6.07) is 0.253. The van der Waals surface area contributed by atoms with Crippen LogP contribution in [-0.2, 0) is 4.79 Å². The smallest absolute Gasteiger partial charge is 0.237 e. The molecule has 1 fully saturated rings. The van der Waals surface area contributed by atoms with E-state index in [1.54, 1.807) is 17.3 Å². The van der Waals surface area contributed by atoms with Crippen molar-refractivity contribution < 1.29 is 4.79 Å². The molecule has 0 aromatic carbocycles. The van der Waals surface area contributed by atoms with E-state index in [4.69, 9.17) is 5.73 Å². The van der Waals surface area contributed by atoms with Gasteiger partial charge in [-0.25, -0.2) is 0 Å². The second kappa shape index (κ2) is 5.54. The highest BCUT2D eigenvalue weighted by Crippen LogP contribution is 2.40. The number of carbonyl (C=O) groups is 1. The number of carbonyl (C=O) groups excluding carboxylic acids is 1. The van der Waals surface area contributed by atoms with E-state index in [2.05, 4.69) is 15.5 Å². The molecule has 2 unspecified atom stereocenters. The van der Waals surface area contributed by atoms with Crippen molar-refractivity contribution in [3.05, 3.63) is 5.51 Å². The van der Waals surface area contributed by atoms with Gasteiger partial charge in [-0.3, -0.25) is 4.79 Å². The average Bonchev–Trinajstić information content (AvgIpc) is 2.89. The highest BCUT2D eigenvalue weighted by molar-refractivity contribution is 8.01. The Hall–Kier alpha value is -0.660. The zero-order chi connectivity index (χ0) is 13.2. The molecule has 0 spiro atoms. The Morgan fingerprint density at radius 3 is 3.06 bits per heavy atom. The Bertz CT molecular complexity index is 409. The van der Waals surface area contributed by atoms with Gasteiger partial charge in [0.1, 0.15) is 5.51 Å². The van der Waals surface area contributed by atoms with Crippen LogP contribution in [0.4, 0.5) is 0 Å². The number of hydrogen-bond donors (Lipinski definition) is 2. The number of primary amides is 1. The van der Waals surface area contributed by atoms with Gasteiger partial charge in [-0.05, 0) is 33.1 Å². The van der Waals surface area contributed by atoms with E-state index >= 15 is 0 Å². The minimum atomic E-state index is -0.545. The molecule has 1 heterocycles. The summed E-state index contributed by atoms with van der Waals surface area (Å²) in [6.45, 7) is 4.08. The van der Waals surface area contributed by atoms with E-state index in [0.717, 1.165) is 23.6 Å². The first-order valence-corrected chi connectivity index (χ1v) is 7.78. The number of amides is 1. The molecule has 0 saturated heterocycles. The Labute approximate surface area is 115 Å². The minimum Gasteiger partial charge on any atom is -0.368 e. The fraction of sp³-hybridized carbons (Fsp3) is 0.727. The predicted octanol–water partition coefficient (Wildman–Crippen LogP) is 1.40. The molecule has 0 aliphatic heterocycles. The van der Waals surface area contributed by atoms with Gasteiger partial charge in [0.05, 0.1) is 5.54 Å². The number of nitrogens with two attached hydrogens (primary N) is 1. The summed E-state index contributed by atoms with van der Waals surface area (Å²) in [5, 5.41) is 11.6. The van der Waals surface area contributed by atoms with Crippen molar-refractivity contribution in [3.8, 4) is 0 Å². The fourth-order valence-corrected chi connectivity index (χ4v) is 4.46. The largest absolute Gasteiger partial charge is 0.368 e. The number of thioether (sulfide) groups is 1. The van der Waals surface area contributed by atoms with E-state index in [-0.39, 0.29) is 11.9 Å². The third kappa shape index (κ3) is 3.02. The molecule has 5 nitrogen and oxygen atoms in total. The lowest BCUT2D eigenvalue weighted by Gasteiger charge is -2.29.